The Labute approximate surface area is 204 Å². The van der Waals surface area contributed by atoms with Gasteiger partial charge in [0.25, 0.3) is 0 Å². The third-order valence-electron chi connectivity index (χ3n) is 4.69. The molecule has 0 saturated carbocycles. The minimum Gasteiger partial charge on any atom is -0.434 e. The third-order valence-corrected chi connectivity index (χ3v) is 5.40. The fourth-order valence-electron chi connectivity index (χ4n) is 3.08. The van der Waals surface area contributed by atoms with Crippen molar-refractivity contribution in [2.24, 2.45) is 5.92 Å². The standard InChI is InChI=1S/C26H24Cl2O5/c1-4-9-19(10-5-2)17-31-26(30)33-18(3)32-25(29)16-21-12-7-6-11-20(21)15-22-23(27)13-8-14-24(22)28/h1-2,6-8,11-14,18-19H,9-10,15-17H2,3H3. The number of esters is 1. The molecule has 0 saturated heterocycles. The van der Waals surface area contributed by atoms with Gasteiger partial charge in [-0.1, -0.05) is 53.5 Å². The summed E-state index contributed by atoms with van der Waals surface area (Å²) >= 11 is 12.6. The van der Waals surface area contributed by atoms with Gasteiger partial charge in [0.05, 0.1) is 13.0 Å². The Kier molecular flexibility index (Phi) is 10.6. The maximum atomic E-state index is 12.4. The second-order valence-corrected chi connectivity index (χ2v) is 8.06. The van der Waals surface area contributed by atoms with E-state index in [9.17, 15) is 9.59 Å². The summed E-state index contributed by atoms with van der Waals surface area (Å²) in [4.78, 5) is 24.3. The number of carbonyl (C=O) groups excluding carboxylic acids is 2. The first kappa shape index (κ1) is 26.1. The second kappa shape index (κ2) is 13.4. The molecule has 2 rings (SSSR count). The van der Waals surface area contributed by atoms with Crippen molar-refractivity contribution in [3.8, 4) is 24.7 Å². The van der Waals surface area contributed by atoms with E-state index in [1.807, 2.05) is 24.3 Å². The molecular weight excluding hydrogens is 463 g/mol. The van der Waals surface area contributed by atoms with Crippen molar-refractivity contribution in [1.29, 1.82) is 0 Å². The Hall–Kier alpha value is -3.12. The van der Waals surface area contributed by atoms with E-state index in [2.05, 4.69) is 11.8 Å². The van der Waals surface area contributed by atoms with Crippen molar-refractivity contribution in [2.75, 3.05) is 6.61 Å². The van der Waals surface area contributed by atoms with E-state index in [-0.39, 0.29) is 18.9 Å². The predicted octanol–water partition coefficient (Wildman–Crippen LogP) is 5.83. The Morgan fingerprint density at radius 3 is 2.15 bits per heavy atom. The maximum Gasteiger partial charge on any atom is 0.511 e. The number of halogens is 2. The normalized spacial score (nSPS) is 11.2. The lowest BCUT2D eigenvalue weighted by Crippen LogP contribution is -2.24. The highest BCUT2D eigenvalue weighted by molar-refractivity contribution is 6.36. The molecule has 0 aliphatic rings. The minimum absolute atomic E-state index is 0.0197. The number of hydrogen-bond donors (Lipinski definition) is 0. The van der Waals surface area contributed by atoms with Crippen molar-refractivity contribution in [1.82, 2.24) is 0 Å². The molecule has 0 N–H and O–H groups in total. The molecule has 0 aromatic heterocycles. The first-order valence-corrected chi connectivity index (χ1v) is 11.0. The summed E-state index contributed by atoms with van der Waals surface area (Å²) in [6.45, 7) is 1.45. The fourth-order valence-corrected chi connectivity index (χ4v) is 3.61. The van der Waals surface area contributed by atoms with Crippen LogP contribution < -0.4 is 0 Å². The molecular formula is C26H24Cl2O5. The van der Waals surface area contributed by atoms with E-state index < -0.39 is 18.4 Å². The summed E-state index contributed by atoms with van der Waals surface area (Å²) in [6.07, 6.45) is 9.63. The van der Waals surface area contributed by atoms with Crippen LogP contribution in [0.5, 0.6) is 0 Å². The van der Waals surface area contributed by atoms with Crippen molar-refractivity contribution in [3.05, 3.63) is 69.2 Å². The van der Waals surface area contributed by atoms with Crippen LogP contribution in [0.1, 0.15) is 36.5 Å². The lowest BCUT2D eigenvalue weighted by atomic mass is 9.98. The van der Waals surface area contributed by atoms with E-state index >= 15 is 0 Å². The van der Waals surface area contributed by atoms with Gasteiger partial charge in [-0.15, -0.1) is 24.7 Å². The molecule has 0 heterocycles. The van der Waals surface area contributed by atoms with Crippen molar-refractivity contribution in [2.45, 2.75) is 38.9 Å². The van der Waals surface area contributed by atoms with Crippen LogP contribution in [0.25, 0.3) is 0 Å². The van der Waals surface area contributed by atoms with Gasteiger partial charge in [0, 0.05) is 42.1 Å². The highest BCUT2D eigenvalue weighted by atomic mass is 35.5. The zero-order valence-electron chi connectivity index (χ0n) is 18.2. The number of carbonyl (C=O) groups is 2. The number of benzene rings is 2. The second-order valence-electron chi connectivity index (χ2n) is 7.24. The minimum atomic E-state index is -1.13. The Morgan fingerprint density at radius 1 is 0.939 bits per heavy atom. The molecule has 0 fully saturated rings. The Bertz CT molecular complexity index is 1020. The first-order valence-electron chi connectivity index (χ1n) is 10.2. The van der Waals surface area contributed by atoms with Gasteiger partial charge in [-0.25, -0.2) is 4.79 Å². The fraction of sp³-hybridized carbons (Fsp3) is 0.308. The van der Waals surface area contributed by atoms with Gasteiger partial charge in [0.15, 0.2) is 0 Å². The van der Waals surface area contributed by atoms with Crippen LogP contribution >= 0.6 is 23.2 Å². The van der Waals surface area contributed by atoms with Gasteiger partial charge >= 0.3 is 12.1 Å². The molecule has 1 atom stereocenters. The van der Waals surface area contributed by atoms with Crippen LogP contribution in [0.3, 0.4) is 0 Å². The van der Waals surface area contributed by atoms with Crippen molar-refractivity contribution in [3.63, 3.8) is 0 Å². The van der Waals surface area contributed by atoms with Crippen LogP contribution in [0.2, 0.25) is 10.0 Å². The quantitative estimate of drug-likeness (QED) is 0.240. The summed E-state index contributed by atoms with van der Waals surface area (Å²) in [6, 6.07) is 12.7. The molecule has 33 heavy (non-hydrogen) atoms. The third kappa shape index (κ3) is 8.73. The Morgan fingerprint density at radius 2 is 1.55 bits per heavy atom. The van der Waals surface area contributed by atoms with Gasteiger partial charge in [0.2, 0.25) is 6.29 Å². The van der Waals surface area contributed by atoms with Gasteiger partial charge in [-0.3, -0.25) is 4.79 Å². The lowest BCUT2D eigenvalue weighted by Gasteiger charge is -2.16. The average Bonchev–Trinajstić information content (AvgIpc) is 2.76. The predicted molar refractivity (Wildman–Crippen MR) is 128 cm³/mol. The van der Waals surface area contributed by atoms with E-state index in [1.54, 1.807) is 18.2 Å². The Balaban J connectivity index is 1.91. The smallest absolute Gasteiger partial charge is 0.434 e. The number of ether oxygens (including phenoxy) is 3. The summed E-state index contributed by atoms with van der Waals surface area (Å²) in [5.41, 5.74) is 2.40. The zero-order chi connectivity index (χ0) is 24.2. The average molecular weight is 487 g/mol. The van der Waals surface area contributed by atoms with Crippen molar-refractivity contribution >= 4 is 35.3 Å². The summed E-state index contributed by atoms with van der Waals surface area (Å²) < 4.78 is 15.2. The van der Waals surface area contributed by atoms with Crippen LogP contribution in [-0.2, 0) is 31.8 Å². The molecule has 2 aromatic rings. The number of hydrogen-bond acceptors (Lipinski definition) is 5. The molecule has 0 spiro atoms. The molecule has 0 aliphatic heterocycles. The van der Waals surface area contributed by atoms with Crippen LogP contribution in [0.15, 0.2) is 42.5 Å². The summed E-state index contributed by atoms with van der Waals surface area (Å²) in [5, 5.41) is 1.10. The molecule has 1 unspecified atom stereocenters. The summed E-state index contributed by atoms with van der Waals surface area (Å²) in [7, 11) is 0. The lowest BCUT2D eigenvalue weighted by molar-refractivity contribution is -0.167. The van der Waals surface area contributed by atoms with E-state index in [1.165, 1.54) is 6.92 Å². The van der Waals surface area contributed by atoms with E-state index in [4.69, 9.17) is 50.3 Å². The molecule has 0 amide bonds. The van der Waals surface area contributed by atoms with Gasteiger partial charge in [-0.2, -0.15) is 0 Å². The molecule has 0 radical (unpaired) electrons. The maximum absolute atomic E-state index is 12.4. The molecule has 0 bridgehead atoms. The summed E-state index contributed by atoms with van der Waals surface area (Å²) in [5.74, 6) is 4.24. The molecule has 0 aliphatic carbocycles. The van der Waals surface area contributed by atoms with Gasteiger partial charge < -0.3 is 14.2 Å². The molecule has 172 valence electrons. The molecule has 2 aromatic carbocycles. The van der Waals surface area contributed by atoms with Crippen LogP contribution in [0, 0.1) is 30.6 Å². The largest absolute Gasteiger partial charge is 0.511 e. The zero-order valence-corrected chi connectivity index (χ0v) is 19.7. The highest BCUT2D eigenvalue weighted by Gasteiger charge is 2.18. The van der Waals surface area contributed by atoms with Crippen molar-refractivity contribution < 1.29 is 23.8 Å². The topological polar surface area (TPSA) is 61.8 Å². The first-order chi connectivity index (χ1) is 15.8. The van der Waals surface area contributed by atoms with Crippen LogP contribution in [0.4, 0.5) is 4.79 Å². The van der Waals surface area contributed by atoms with Gasteiger partial charge in [-0.05, 0) is 28.8 Å². The molecule has 5 nitrogen and oxygen atoms in total. The number of rotatable bonds is 10. The highest BCUT2D eigenvalue weighted by Crippen LogP contribution is 2.28. The SMILES string of the molecule is C#CCC(CC#C)COC(=O)OC(C)OC(=O)Cc1ccccc1Cc1c(Cl)cccc1Cl. The number of terminal acetylenes is 2. The monoisotopic (exact) mass is 486 g/mol. The van der Waals surface area contributed by atoms with E-state index in [0.717, 1.165) is 16.7 Å². The van der Waals surface area contributed by atoms with E-state index in [0.29, 0.717) is 29.3 Å². The van der Waals surface area contributed by atoms with Gasteiger partial charge in [0.1, 0.15) is 0 Å². The molecule has 7 heteroatoms. The van der Waals surface area contributed by atoms with Crippen LogP contribution in [-0.4, -0.2) is 25.0 Å².